The smallest absolute Gasteiger partial charge is 0.107 e. The molecule has 62 valence electrons. The minimum atomic E-state index is 0.597. The van der Waals surface area contributed by atoms with Crippen LogP contribution in [0.1, 0.15) is 0 Å². The van der Waals surface area contributed by atoms with Crippen molar-refractivity contribution in [2.24, 2.45) is 0 Å². The number of nitrogens with one attached hydrogen (secondary N) is 2. The van der Waals surface area contributed by atoms with Gasteiger partial charge in [-0.1, -0.05) is 0 Å². The third-order valence-electron chi connectivity index (χ3n) is 1.51. The number of nitrogen functional groups attached to an aromatic ring is 1. The Balaban J connectivity index is 2.57. The Hall–Kier alpha value is -1.30. The van der Waals surface area contributed by atoms with E-state index in [4.69, 9.17) is 5.73 Å². The molecule has 5 nitrogen and oxygen atoms in total. The van der Waals surface area contributed by atoms with E-state index in [0.29, 0.717) is 5.69 Å². The van der Waals surface area contributed by atoms with Crippen LogP contribution in [0.4, 0.5) is 5.69 Å². The van der Waals surface area contributed by atoms with Gasteiger partial charge in [-0.05, 0) is 15.9 Å². The number of anilines is 1. The van der Waals surface area contributed by atoms with Crippen LogP contribution in [-0.2, 0) is 0 Å². The molecule has 0 fully saturated rings. The maximum absolute atomic E-state index is 5.64. The minimum absolute atomic E-state index is 0.597. The molecule has 0 radical (unpaired) electrons. The third kappa shape index (κ3) is 1.00. The summed E-state index contributed by atoms with van der Waals surface area (Å²) >= 11 is 3.32. The van der Waals surface area contributed by atoms with Gasteiger partial charge < -0.3 is 5.73 Å². The molecule has 0 bridgehead atoms. The van der Waals surface area contributed by atoms with Crippen molar-refractivity contribution in [2.75, 3.05) is 5.73 Å². The number of aromatic nitrogens is 4. The number of nitrogens with two attached hydrogens (primary N) is 1. The first-order valence-corrected chi connectivity index (χ1v) is 4.06. The van der Waals surface area contributed by atoms with E-state index in [0.717, 1.165) is 15.9 Å². The number of nitrogens with zero attached hydrogens (tertiary/aromatic N) is 2. The zero-order valence-corrected chi connectivity index (χ0v) is 7.59. The van der Waals surface area contributed by atoms with Crippen molar-refractivity contribution in [3.05, 3.63) is 16.9 Å². The highest BCUT2D eigenvalue weighted by Crippen LogP contribution is 2.27. The summed E-state index contributed by atoms with van der Waals surface area (Å²) in [5.41, 5.74) is 7.80. The summed E-state index contributed by atoms with van der Waals surface area (Å²) in [7, 11) is 0. The van der Waals surface area contributed by atoms with Crippen LogP contribution < -0.4 is 5.73 Å². The summed E-state index contributed by atoms with van der Waals surface area (Å²) < 4.78 is 0.860. The summed E-state index contributed by atoms with van der Waals surface area (Å²) in [6, 6.07) is 0. The molecule has 12 heavy (non-hydrogen) atoms. The Bertz CT molecular complexity index is 352. The average molecular weight is 228 g/mol. The summed E-state index contributed by atoms with van der Waals surface area (Å²) in [6.07, 6.45) is 3.22. The van der Waals surface area contributed by atoms with Crippen LogP contribution >= 0.6 is 15.9 Å². The number of halogens is 1. The van der Waals surface area contributed by atoms with Crippen LogP contribution in [0.3, 0.4) is 0 Å². The van der Waals surface area contributed by atoms with Crippen molar-refractivity contribution in [1.82, 2.24) is 20.4 Å². The van der Waals surface area contributed by atoms with Gasteiger partial charge in [0.15, 0.2) is 0 Å². The molecule has 0 saturated heterocycles. The van der Waals surface area contributed by atoms with Gasteiger partial charge in [-0.15, -0.1) is 0 Å². The summed E-state index contributed by atoms with van der Waals surface area (Å²) in [5.74, 6) is 0. The van der Waals surface area contributed by atoms with Gasteiger partial charge in [0, 0.05) is 0 Å². The van der Waals surface area contributed by atoms with Gasteiger partial charge in [0.05, 0.1) is 28.2 Å². The van der Waals surface area contributed by atoms with Crippen molar-refractivity contribution < 1.29 is 0 Å². The van der Waals surface area contributed by atoms with E-state index in [9.17, 15) is 0 Å². The predicted molar refractivity (Wildman–Crippen MR) is 48.3 cm³/mol. The lowest BCUT2D eigenvalue weighted by Crippen LogP contribution is -1.87. The van der Waals surface area contributed by atoms with Crippen LogP contribution in [0.25, 0.3) is 11.4 Å². The van der Waals surface area contributed by atoms with Crippen molar-refractivity contribution in [1.29, 1.82) is 0 Å². The van der Waals surface area contributed by atoms with Crippen LogP contribution in [0.5, 0.6) is 0 Å². The van der Waals surface area contributed by atoms with Crippen molar-refractivity contribution in [3.63, 3.8) is 0 Å². The van der Waals surface area contributed by atoms with Crippen molar-refractivity contribution >= 4 is 21.6 Å². The van der Waals surface area contributed by atoms with Gasteiger partial charge in [-0.25, -0.2) is 0 Å². The molecule has 4 N–H and O–H groups in total. The largest absolute Gasteiger partial charge is 0.396 e. The van der Waals surface area contributed by atoms with Crippen LogP contribution in [0.2, 0.25) is 0 Å². The molecule has 0 saturated carbocycles. The van der Waals surface area contributed by atoms with Gasteiger partial charge >= 0.3 is 0 Å². The second kappa shape index (κ2) is 2.63. The van der Waals surface area contributed by atoms with E-state index in [1.54, 1.807) is 12.4 Å². The van der Waals surface area contributed by atoms with Crippen molar-refractivity contribution in [2.45, 2.75) is 0 Å². The van der Waals surface area contributed by atoms with E-state index >= 15 is 0 Å². The second-order valence-corrected chi connectivity index (χ2v) is 3.15. The average Bonchev–Trinajstić information content (AvgIpc) is 2.59. The van der Waals surface area contributed by atoms with Crippen molar-refractivity contribution in [3.8, 4) is 11.4 Å². The number of hydrogen-bond acceptors (Lipinski definition) is 3. The summed E-state index contributed by atoms with van der Waals surface area (Å²) in [5, 5.41) is 13.2. The molecule has 2 aromatic heterocycles. The Morgan fingerprint density at radius 2 is 1.83 bits per heavy atom. The molecule has 2 heterocycles. The van der Waals surface area contributed by atoms with Crippen LogP contribution in [0, 0.1) is 0 Å². The van der Waals surface area contributed by atoms with E-state index < -0.39 is 0 Å². The zero-order chi connectivity index (χ0) is 8.55. The zero-order valence-electron chi connectivity index (χ0n) is 6.00. The monoisotopic (exact) mass is 227 g/mol. The van der Waals surface area contributed by atoms with Gasteiger partial charge in [0.1, 0.15) is 5.69 Å². The van der Waals surface area contributed by atoms with Gasteiger partial charge in [0.25, 0.3) is 0 Å². The van der Waals surface area contributed by atoms with Gasteiger partial charge in [0.2, 0.25) is 0 Å². The Labute approximate surface area is 76.5 Å². The molecule has 0 spiro atoms. The fourth-order valence-corrected chi connectivity index (χ4v) is 1.33. The van der Waals surface area contributed by atoms with Crippen LogP contribution in [-0.4, -0.2) is 20.4 Å². The lowest BCUT2D eigenvalue weighted by atomic mass is 10.3. The molecule has 0 atom stereocenters. The quantitative estimate of drug-likeness (QED) is 0.684. The molecule has 0 unspecified atom stereocenters. The molecule has 2 rings (SSSR count). The second-order valence-electron chi connectivity index (χ2n) is 2.29. The minimum Gasteiger partial charge on any atom is -0.396 e. The molecule has 6 heteroatoms. The first-order valence-electron chi connectivity index (χ1n) is 3.27. The van der Waals surface area contributed by atoms with E-state index in [-0.39, 0.29) is 0 Å². The maximum atomic E-state index is 5.64. The van der Waals surface area contributed by atoms with E-state index in [1.165, 1.54) is 0 Å². The molecule has 0 aliphatic rings. The summed E-state index contributed by atoms with van der Waals surface area (Å²) in [4.78, 5) is 0. The lowest BCUT2D eigenvalue weighted by Gasteiger charge is -1.94. The molecular weight excluding hydrogens is 222 g/mol. The van der Waals surface area contributed by atoms with Crippen LogP contribution in [0.15, 0.2) is 16.9 Å². The molecular formula is C6H6BrN5. The standard InChI is InChI=1S/C6H6BrN5/c7-3-1-9-11-5(3)6-4(8)2-10-12-6/h1-2H,8H2,(H,9,11)(H,10,12). The van der Waals surface area contributed by atoms with E-state index in [2.05, 4.69) is 36.3 Å². The predicted octanol–water partition coefficient (Wildman–Crippen LogP) is 1.14. The maximum Gasteiger partial charge on any atom is 0.107 e. The first kappa shape index (κ1) is 7.35. The lowest BCUT2D eigenvalue weighted by molar-refractivity contribution is 1.06. The first-order chi connectivity index (χ1) is 5.79. The molecule has 0 aliphatic carbocycles. The Morgan fingerprint density at radius 3 is 2.33 bits per heavy atom. The highest BCUT2D eigenvalue weighted by Gasteiger charge is 2.09. The normalized spacial score (nSPS) is 10.4. The molecule has 0 aromatic carbocycles. The number of aromatic amines is 2. The molecule has 2 aromatic rings. The number of rotatable bonds is 1. The number of hydrogen-bond donors (Lipinski definition) is 3. The fraction of sp³-hybridized carbons (Fsp3) is 0. The topological polar surface area (TPSA) is 83.4 Å². The van der Waals surface area contributed by atoms with Gasteiger partial charge in [-0.2, -0.15) is 10.2 Å². The highest BCUT2D eigenvalue weighted by atomic mass is 79.9. The third-order valence-corrected chi connectivity index (χ3v) is 2.11. The van der Waals surface area contributed by atoms with Gasteiger partial charge in [-0.3, -0.25) is 10.2 Å². The van der Waals surface area contributed by atoms with E-state index in [1.807, 2.05) is 0 Å². The Kier molecular flexibility index (Phi) is 1.61. The summed E-state index contributed by atoms with van der Waals surface area (Å²) in [6.45, 7) is 0. The number of H-pyrrole nitrogens is 2. The Morgan fingerprint density at radius 1 is 1.17 bits per heavy atom. The molecule has 0 amide bonds. The molecule has 0 aliphatic heterocycles. The fourth-order valence-electron chi connectivity index (χ4n) is 0.942. The highest BCUT2D eigenvalue weighted by molar-refractivity contribution is 9.10. The SMILES string of the molecule is Nc1cn[nH]c1-c1[nH]ncc1Br.